The number of thiophene rings is 1. The van der Waals surface area contributed by atoms with Crippen molar-refractivity contribution >= 4 is 11.3 Å². The SMILES string of the molecule is c1cc(-c2noc(CN3CCCC[C@H]3c3nc(C4CC4)no3)n2)cs1. The van der Waals surface area contributed by atoms with Crippen LogP contribution in [0, 0.1) is 0 Å². The number of likely N-dealkylation sites (tertiary alicyclic amines) is 1. The predicted octanol–water partition coefficient (Wildman–Crippen LogP) is 3.79. The lowest BCUT2D eigenvalue weighted by molar-refractivity contribution is 0.0986. The molecule has 0 spiro atoms. The first-order valence-corrected chi connectivity index (χ1v) is 9.74. The van der Waals surface area contributed by atoms with Crippen molar-refractivity contribution in [2.75, 3.05) is 6.54 Å². The van der Waals surface area contributed by atoms with Gasteiger partial charge in [0.25, 0.3) is 0 Å². The van der Waals surface area contributed by atoms with Crippen LogP contribution in [0.25, 0.3) is 11.4 Å². The van der Waals surface area contributed by atoms with Crippen molar-refractivity contribution in [3.63, 3.8) is 0 Å². The monoisotopic (exact) mass is 357 g/mol. The van der Waals surface area contributed by atoms with Crippen molar-refractivity contribution in [2.24, 2.45) is 0 Å². The molecule has 4 heterocycles. The molecule has 130 valence electrons. The molecule has 2 fully saturated rings. The molecule has 1 aliphatic heterocycles. The standard InChI is InChI=1S/C17H19N5O2S/c1-2-7-22(9-14-18-16(20-23-14)12-6-8-25-10-12)13(3-1)17-19-15(21-24-17)11-4-5-11/h6,8,10-11,13H,1-5,7,9H2/t13-/m0/s1. The molecule has 7 nitrogen and oxygen atoms in total. The Morgan fingerprint density at radius 1 is 1.12 bits per heavy atom. The lowest BCUT2D eigenvalue weighted by Gasteiger charge is -2.31. The van der Waals surface area contributed by atoms with E-state index in [1.807, 2.05) is 16.8 Å². The summed E-state index contributed by atoms with van der Waals surface area (Å²) in [5.74, 6) is 3.41. The van der Waals surface area contributed by atoms with Crippen molar-refractivity contribution in [3.8, 4) is 11.4 Å². The normalized spacial score (nSPS) is 21.7. The Labute approximate surface area is 149 Å². The van der Waals surface area contributed by atoms with Gasteiger partial charge in [-0.15, -0.1) is 0 Å². The van der Waals surface area contributed by atoms with E-state index in [9.17, 15) is 0 Å². The van der Waals surface area contributed by atoms with E-state index < -0.39 is 0 Å². The summed E-state index contributed by atoms with van der Waals surface area (Å²) in [4.78, 5) is 11.5. The molecule has 0 amide bonds. The van der Waals surface area contributed by atoms with Gasteiger partial charge in [-0.1, -0.05) is 16.7 Å². The van der Waals surface area contributed by atoms with Crippen molar-refractivity contribution in [3.05, 3.63) is 34.4 Å². The highest BCUT2D eigenvalue weighted by Crippen LogP contribution is 2.39. The summed E-state index contributed by atoms with van der Waals surface area (Å²) in [6, 6.07) is 2.14. The van der Waals surface area contributed by atoms with Gasteiger partial charge in [0.1, 0.15) is 0 Å². The Hall–Kier alpha value is -2.06. The molecule has 0 N–H and O–H groups in total. The summed E-state index contributed by atoms with van der Waals surface area (Å²) in [5, 5.41) is 12.3. The van der Waals surface area contributed by atoms with Crippen LogP contribution in [0.2, 0.25) is 0 Å². The molecular formula is C17H19N5O2S. The van der Waals surface area contributed by atoms with Gasteiger partial charge in [0.2, 0.25) is 17.6 Å². The van der Waals surface area contributed by atoms with Crippen LogP contribution in [-0.4, -0.2) is 31.7 Å². The minimum atomic E-state index is 0.144. The summed E-state index contributed by atoms with van der Waals surface area (Å²) < 4.78 is 11.0. The molecule has 1 saturated carbocycles. The van der Waals surface area contributed by atoms with Crippen molar-refractivity contribution in [2.45, 2.75) is 50.6 Å². The molecular weight excluding hydrogens is 338 g/mol. The van der Waals surface area contributed by atoms with Crippen LogP contribution in [0.1, 0.15) is 61.7 Å². The molecule has 1 aliphatic carbocycles. The number of rotatable bonds is 5. The molecule has 0 aromatic carbocycles. The largest absolute Gasteiger partial charge is 0.338 e. The second-order valence-electron chi connectivity index (χ2n) is 6.77. The lowest BCUT2D eigenvalue weighted by atomic mass is 10.0. The zero-order chi connectivity index (χ0) is 16.6. The van der Waals surface area contributed by atoms with Crippen LogP contribution >= 0.6 is 11.3 Å². The fourth-order valence-electron chi connectivity index (χ4n) is 3.35. The highest BCUT2D eigenvalue weighted by molar-refractivity contribution is 7.08. The average molecular weight is 357 g/mol. The minimum absolute atomic E-state index is 0.144. The maximum atomic E-state index is 5.57. The molecule has 3 aromatic rings. The number of aromatic nitrogens is 4. The highest BCUT2D eigenvalue weighted by atomic mass is 32.1. The zero-order valence-corrected chi connectivity index (χ0v) is 14.6. The van der Waals surface area contributed by atoms with Gasteiger partial charge in [-0.25, -0.2) is 0 Å². The van der Waals surface area contributed by atoms with E-state index in [1.165, 1.54) is 19.3 Å². The average Bonchev–Trinajstić information content (AvgIpc) is 3.08. The lowest BCUT2D eigenvalue weighted by Crippen LogP contribution is -2.33. The molecule has 2 aliphatic rings. The summed E-state index contributed by atoms with van der Waals surface area (Å²) in [6.07, 6.45) is 5.72. The topological polar surface area (TPSA) is 81.1 Å². The van der Waals surface area contributed by atoms with Gasteiger partial charge in [-0.3, -0.25) is 4.90 Å². The molecule has 5 rings (SSSR count). The number of nitrogens with zero attached hydrogens (tertiary/aromatic N) is 5. The molecule has 1 saturated heterocycles. The van der Waals surface area contributed by atoms with Gasteiger partial charge in [0, 0.05) is 16.9 Å². The van der Waals surface area contributed by atoms with Gasteiger partial charge in [0.05, 0.1) is 12.6 Å². The molecule has 0 unspecified atom stereocenters. The summed E-state index contributed by atoms with van der Waals surface area (Å²) in [5.41, 5.74) is 1.00. The van der Waals surface area contributed by atoms with Gasteiger partial charge in [-0.05, 0) is 43.7 Å². The van der Waals surface area contributed by atoms with E-state index >= 15 is 0 Å². The molecule has 3 aromatic heterocycles. The van der Waals surface area contributed by atoms with E-state index in [2.05, 4.69) is 25.2 Å². The van der Waals surface area contributed by atoms with E-state index in [0.29, 0.717) is 24.2 Å². The Balaban J connectivity index is 1.33. The third-order valence-electron chi connectivity index (χ3n) is 4.88. The van der Waals surface area contributed by atoms with Gasteiger partial charge >= 0.3 is 0 Å². The Kier molecular flexibility index (Phi) is 3.86. The van der Waals surface area contributed by atoms with Crippen LogP contribution in [0.3, 0.4) is 0 Å². The Morgan fingerprint density at radius 3 is 2.92 bits per heavy atom. The third kappa shape index (κ3) is 3.11. The Bertz CT molecular complexity index is 839. The maximum absolute atomic E-state index is 5.57. The van der Waals surface area contributed by atoms with Crippen LogP contribution < -0.4 is 0 Å². The van der Waals surface area contributed by atoms with E-state index in [0.717, 1.165) is 36.7 Å². The summed E-state index contributed by atoms with van der Waals surface area (Å²) in [6.45, 7) is 1.59. The first-order valence-electron chi connectivity index (χ1n) is 8.79. The fraction of sp³-hybridized carbons (Fsp3) is 0.529. The zero-order valence-electron chi connectivity index (χ0n) is 13.8. The summed E-state index contributed by atoms with van der Waals surface area (Å²) >= 11 is 1.63. The van der Waals surface area contributed by atoms with Crippen LogP contribution in [0.5, 0.6) is 0 Å². The van der Waals surface area contributed by atoms with Gasteiger partial charge in [0.15, 0.2) is 5.82 Å². The quantitative estimate of drug-likeness (QED) is 0.687. The third-order valence-corrected chi connectivity index (χ3v) is 5.57. The molecule has 0 radical (unpaired) electrons. The summed E-state index contributed by atoms with van der Waals surface area (Å²) in [7, 11) is 0. The van der Waals surface area contributed by atoms with E-state index in [-0.39, 0.29) is 6.04 Å². The minimum Gasteiger partial charge on any atom is -0.338 e. The van der Waals surface area contributed by atoms with Crippen LogP contribution in [-0.2, 0) is 6.54 Å². The molecule has 8 heteroatoms. The Morgan fingerprint density at radius 2 is 2.08 bits per heavy atom. The highest BCUT2D eigenvalue weighted by Gasteiger charge is 2.33. The number of piperidine rings is 1. The number of hydrogen-bond donors (Lipinski definition) is 0. The van der Waals surface area contributed by atoms with Gasteiger partial charge < -0.3 is 9.05 Å². The van der Waals surface area contributed by atoms with Crippen molar-refractivity contribution < 1.29 is 9.05 Å². The van der Waals surface area contributed by atoms with E-state index in [1.54, 1.807) is 11.3 Å². The first-order chi connectivity index (χ1) is 12.4. The van der Waals surface area contributed by atoms with Gasteiger partial charge in [-0.2, -0.15) is 21.3 Å². The van der Waals surface area contributed by atoms with Crippen LogP contribution in [0.15, 0.2) is 25.9 Å². The van der Waals surface area contributed by atoms with Crippen LogP contribution in [0.4, 0.5) is 0 Å². The van der Waals surface area contributed by atoms with Crippen molar-refractivity contribution in [1.29, 1.82) is 0 Å². The number of hydrogen-bond acceptors (Lipinski definition) is 8. The second kappa shape index (κ2) is 6.34. The maximum Gasteiger partial charge on any atom is 0.244 e. The predicted molar refractivity (Wildman–Crippen MR) is 90.9 cm³/mol. The fourth-order valence-corrected chi connectivity index (χ4v) is 3.99. The van der Waals surface area contributed by atoms with Crippen molar-refractivity contribution in [1.82, 2.24) is 25.2 Å². The second-order valence-corrected chi connectivity index (χ2v) is 7.55. The first kappa shape index (κ1) is 15.2. The van der Waals surface area contributed by atoms with E-state index in [4.69, 9.17) is 9.05 Å². The molecule has 0 bridgehead atoms. The smallest absolute Gasteiger partial charge is 0.244 e. The molecule has 25 heavy (non-hydrogen) atoms. The molecule has 1 atom stereocenters.